The molecule has 0 radical (unpaired) electrons. The maximum absolute atomic E-state index is 12.6. The molecule has 5 rings (SSSR count). The van der Waals surface area contributed by atoms with Gasteiger partial charge in [-0.1, -0.05) is 47.3 Å². The number of thioether (sulfide) groups is 1. The maximum Gasteiger partial charge on any atom is 0.275 e. The van der Waals surface area contributed by atoms with Crippen LogP contribution in [0.4, 0.5) is 0 Å². The highest BCUT2D eigenvalue weighted by Gasteiger charge is 2.15. The van der Waals surface area contributed by atoms with Gasteiger partial charge in [0, 0.05) is 17.3 Å². The lowest BCUT2D eigenvalue weighted by atomic mass is 10.1. The predicted octanol–water partition coefficient (Wildman–Crippen LogP) is 4.67. The van der Waals surface area contributed by atoms with Crippen LogP contribution in [0.1, 0.15) is 12.8 Å². The van der Waals surface area contributed by atoms with Crippen LogP contribution in [0.2, 0.25) is 0 Å². The summed E-state index contributed by atoms with van der Waals surface area (Å²) in [6, 6.07) is 15.3. The predicted molar refractivity (Wildman–Crippen MR) is 129 cm³/mol. The number of H-pyrrole nitrogens is 2. The summed E-state index contributed by atoms with van der Waals surface area (Å²) in [5.74, 6) is 2.44. The molecule has 0 aliphatic carbocycles. The molecule has 2 aromatic carbocycles. The SMILES string of the molecule is CCOc1ccc(-c2noc(CSc3nc4c(-c5ccccc5)c[nH]c4c(=O)[nH]3)n2)cc1OC. The number of hydrogen-bond donors (Lipinski definition) is 2. The average molecular weight is 476 g/mol. The van der Waals surface area contributed by atoms with Crippen molar-refractivity contribution in [3.05, 3.63) is 71.0 Å². The Kier molecular flexibility index (Phi) is 6.05. The first-order valence-electron chi connectivity index (χ1n) is 10.6. The lowest BCUT2D eigenvalue weighted by Gasteiger charge is -2.09. The fourth-order valence-electron chi connectivity index (χ4n) is 3.54. The molecule has 0 amide bonds. The van der Waals surface area contributed by atoms with E-state index in [1.165, 1.54) is 11.8 Å². The second-order valence-corrected chi connectivity index (χ2v) is 8.23. The van der Waals surface area contributed by atoms with Gasteiger partial charge in [-0.2, -0.15) is 4.98 Å². The number of fused-ring (bicyclic) bond motifs is 1. The van der Waals surface area contributed by atoms with E-state index in [1.807, 2.05) is 49.4 Å². The van der Waals surface area contributed by atoms with Crippen molar-refractivity contribution in [3.8, 4) is 34.0 Å². The average Bonchev–Trinajstić information content (AvgIpc) is 3.51. The van der Waals surface area contributed by atoms with Gasteiger partial charge in [0.25, 0.3) is 5.56 Å². The topological polar surface area (TPSA) is 119 Å². The third-order valence-corrected chi connectivity index (χ3v) is 5.98. The summed E-state index contributed by atoms with van der Waals surface area (Å²) >= 11 is 1.31. The monoisotopic (exact) mass is 475 g/mol. The van der Waals surface area contributed by atoms with Gasteiger partial charge < -0.3 is 19.0 Å². The van der Waals surface area contributed by atoms with E-state index in [-0.39, 0.29) is 5.56 Å². The van der Waals surface area contributed by atoms with Gasteiger partial charge in [0.15, 0.2) is 16.7 Å². The molecule has 5 aromatic rings. The van der Waals surface area contributed by atoms with Crippen molar-refractivity contribution in [3.63, 3.8) is 0 Å². The molecule has 9 nitrogen and oxygen atoms in total. The number of nitrogens with one attached hydrogen (secondary N) is 2. The number of benzene rings is 2. The lowest BCUT2D eigenvalue weighted by Crippen LogP contribution is -2.09. The van der Waals surface area contributed by atoms with E-state index in [9.17, 15) is 4.79 Å². The van der Waals surface area contributed by atoms with Gasteiger partial charge in [-0.25, -0.2) is 4.98 Å². The van der Waals surface area contributed by atoms with Gasteiger partial charge in [0.05, 0.1) is 19.5 Å². The highest BCUT2D eigenvalue weighted by Crippen LogP contribution is 2.32. The van der Waals surface area contributed by atoms with Gasteiger partial charge in [0.2, 0.25) is 11.7 Å². The van der Waals surface area contributed by atoms with Gasteiger partial charge in [-0.15, -0.1) is 0 Å². The number of aromatic nitrogens is 5. The van der Waals surface area contributed by atoms with Crippen molar-refractivity contribution < 1.29 is 14.0 Å². The molecule has 0 atom stereocenters. The summed E-state index contributed by atoms with van der Waals surface area (Å²) in [6.07, 6.45) is 1.80. The largest absolute Gasteiger partial charge is 0.493 e. The molecule has 0 unspecified atom stereocenters. The highest BCUT2D eigenvalue weighted by atomic mass is 32.2. The van der Waals surface area contributed by atoms with Crippen LogP contribution in [0.3, 0.4) is 0 Å². The first kappa shape index (κ1) is 21.8. The van der Waals surface area contributed by atoms with E-state index in [2.05, 4.69) is 25.1 Å². The maximum atomic E-state index is 12.6. The van der Waals surface area contributed by atoms with E-state index < -0.39 is 0 Å². The minimum absolute atomic E-state index is 0.234. The van der Waals surface area contributed by atoms with Gasteiger partial charge in [-0.05, 0) is 30.7 Å². The molecule has 0 fully saturated rings. The molecule has 0 aliphatic rings. The number of aromatic amines is 2. The molecule has 2 N–H and O–H groups in total. The van der Waals surface area contributed by atoms with Crippen molar-refractivity contribution >= 4 is 22.8 Å². The molecular weight excluding hydrogens is 454 g/mol. The molecule has 3 aromatic heterocycles. The Morgan fingerprint density at radius 1 is 1.06 bits per heavy atom. The van der Waals surface area contributed by atoms with Crippen LogP contribution in [0.15, 0.2) is 69.2 Å². The van der Waals surface area contributed by atoms with Crippen LogP contribution in [0.5, 0.6) is 11.5 Å². The van der Waals surface area contributed by atoms with Gasteiger partial charge in [-0.3, -0.25) is 9.78 Å². The number of ether oxygens (including phenoxy) is 2. The fourth-order valence-corrected chi connectivity index (χ4v) is 4.24. The zero-order valence-electron chi connectivity index (χ0n) is 18.5. The molecule has 0 bridgehead atoms. The van der Waals surface area contributed by atoms with Gasteiger partial charge in [0.1, 0.15) is 11.0 Å². The molecule has 34 heavy (non-hydrogen) atoms. The molecule has 172 valence electrons. The van der Waals surface area contributed by atoms with E-state index in [0.29, 0.717) is 51.8 Å². The summed E-state index contributed by atoms with van der Waals surface area (Å²) in [6.45, 7) is 2.45. The Morgan fingerprint density at radius 2 is 1.91 bits per heavy atom. The van der Waals surface area contributed by atoms with Crippen LogP contribution < -0.4 is 15.0 Å². The molecule has 0 aliphatic heterocycles. The zero-order valence-corrected chi connectivity index (χ0v) is 19.3. The standard InChI is InChI=1S/C24H21N5O4S/c1-3-32-17-10-9-15(11-18(17)31-2)22-26-19(33-29-22)13-34-24-27-20-16(14-7-5-4-6-8-14)12-25-21(20)23(30)28-24/h4-12,25H,3,13H2,1-2H3,(H,27,28,30). The first-order valence-corrected chi connectivity index (χ1v) is 11.6. The Balaban J connectivity index is 1.36. The number of nitrogens with zero attached hydrogens (tertiary/aromatic N) is 3. The number of hydrogen-bond acceptors (Lipinski definition) is 8. The molecule has 0 saturated heterocycles. The number of methoxy groups -OCH3 is 1. The van der Waals surface area contributed by atoms with E-state index in [4.69, 9.17) is 14.0 Å². The normalized spacial score (nSPS) is 11.1. The summed E-state index contributed by atoms with van der Waals surface area (Å²) in [5.41, 5.74) is 3.41. The third kappa shape index (κ3) is 4.27. The second-order valence-electron chi connectivity index (χ2n) is 7.26. The van der Waals surface area contributed by atoms with E-state index in [1.54, 1.807) is 19.4 Å². The van der Waals surface area contributed by atoms with Crippen molar-refractivity contribution in [2.24, 2.45) is 0 Å². The first-order chi connectivity index (χ1) is 16.7. The summed E-state index contributed by atoms with van der Waals surface area (Å²) in [4.78, 5) is 27.5. The van der Waals surface area contributed by atoms with Crippen molar-refractivity contribution in [1.82, 2.24) is 25.1 Å². The van der Waals surface area contributed by atoms with Crippen LogP contribution in [-0.4, -0.2) is 38.8 Å². The van der Waals surface area contributed by atoms with Crippen LogP contribution in [0.25, 0.3) is 33.5 Å². The van der Waals surface area contributed by atoms with Crippen molar-refractivity contribution in [2.45, 2.75) is 17.8 Å². The van der Waals surface area contributed by atoms with Gasteiger partial charge >= 0.3 is 0 Å². The molecule has 0 saturated carbocycles. The zero-order chi connectivity index (χ0) is 23.5. The Hall–Kier alpha value is -4.05. The van der Waals surface area contributed by atoms with Crippen molar-refractivity contribution in [2.75, 3.05) is 13.7 Å². The number of rotatable bonds is 8. The quantitative estimate of drug-likeness (QED) is 0.246. The minimum atomic E-state index is -0.234. The second kappa shape index (κ2) is 9.44. The summed E-state index contributed by atoms with van der Waals surface area (Å²) in [5, 5.41) is 4.54. The Bertz CT molecular complexity index is 1490. The smallest absolute Gasteiger partial charge is 0.275 e. The van der Waals surface area contributed by atoms with Crippen molar-refractivity contribution in [1.29, 1.82) is 0 Å². The third-order valence-electron chi connectivity index (χ3n) is 5.12. The van der Waals surface area contributed by atoms with Crippen LogP contribution >= 0.6 is 11.8 Å². The summed E-state index contributed by atoms with van der Waals surface area (Å²) in [7, 11) is 1.58. The minimum Gasteiger partial charge on any atom is -0.493 e. The summed E-state index contributed by atoms with van der Waals surface area (Å²) < 4.78 is 16.4. The lowest BCUT2D eigenvalue weighted by molar-refractivity contribution is 0.311. The van der Waals surface area contributed by atoms with Crippen LogP contribution in [0, 0.1) is 0 Å². The van der Waals surface area contributed by atoms with Crippen LogP contribution in [-0.2, 0) is 5.75 Å². The molecule has 0 spiro atoms. The van der Waals surface area contributed by atoms with E-state index >= 15 is 0 Å². The van der Waals surface area contributed by atoms with E-state index in [0.717, 1.165) is 16.7 Å². The highest BCUT2D eigenvalue weighted by molar-refractivity contribution is 7.98. The molecular formula is C24H21N5O4S. The molecule has 3 heterocycles. The Morgan fingerprint density at radius 3 is 2.71 bits per heavy atom. The fraction of sp³-hybridized carbons (Fsp3) is 0.167. The Labute approximate surface area is 198 Å². The molecule has 10 heteroatoms.